The average Bonchev–Trinajstić information content (AvgIpc) is 2.37. The average molecular weight is 305 g/mol. The lowest BCUT2D eigenvalue weighted by molar-refractivity contribution is -0.151. The molecule has 1 amide bonds. The quantitative estimate of drug-likeness (QED) is 0.672. The molecule has 0 saturated carbocycles. The second-order valence-electron chi connectivity index (χ2n) is 5.16. The number of carbonyl (C=O) groups is 2. The van der Waals surface area contributed by atoms with Crippen LogP contribution < -0.4 is 0 Å². The molecular weight excluding hydrogens is 282 g/mol. The maximum absolute atomic E-state index is 12.0. The zero-order valence-corrected chi connectivity index (χ0v) is 12.9. The van der Waals surface area contributed by atoms with Gasteiger partial charge >= 0.3 is 5.97 Å². The molecule has 0 bridgehead atoms. The maximum atomic E-state index is 12.0. The molecule has 6 nitrogen and oxygen atoms in total. The van der Waals surface area contributed by atoms with Crippen LogP contribution in [0, 0.1) is 5.92 Å². The number of hydrogen-bond acceptors (Lipinski definition) is 5. The summed E-state index contributed by atoms with van der Waals surface area (Å²) in [6, 6.07) is 0. The molecule has 1 unspecified atom stereocenters. The van der Waals surface area contributed by atoms with Crippen molar-refractivity contribution in [1.29, 1.82) is 0 Å². The van der Waals surface area contributed by atoms with Crippen LogP contribution in [0.4, 0.5) is 0 Å². The summed E-state index contributed by atoms with van der Waals surface area (Å²) in [5, 5.41) is 0. The standard InChI is InChI=1S/C13H23NO5S/c1-3-19-13(16)11-6-4-8-14(10-11)12(15)7-5-9-20(2,17)18/h11H,3-10H2,1-2H3. The fourth-order valence-corrected chi connectivity index (χ4v) is 2.97. The molecule has 0 aromatic carbocycles. The van der Waals surface area contributed by atoms with Crippen molar-refractivity contribution in [2.75, 3.05) is 31.7 Å². The molecule has 1 fully saturated rings. The Morgan fingerprint density at radius 1 is 1.35 bits per heavy atom. The third-order valence-corrected chi connectivity index (χ3v) is 4.33. The van der Waals surface area contributed by atoms with Gasteiger partial charge in [-0.25, -0.2) is 8.42 Å². The van der Waals surface area contributed by atoms with E-state index < -0.39 is 9.84 Å². The molecule has 1 saturated heterocycles. The molecule has 1 atom stereocenters. The number of carbonyl (C=O) groups excluding carboxylic acids is 2. The first-order valence-corrected chi connectivity index (χ1v) is 9.01. The van der Waals surface area contributed by atoms with E-state index in [-0.39, 0.29) is 30.0 Å². The van der Waals surface area contributed by atoms with E-state index in [4.69, 9.17) is 4.74 Å². The van der Waals surface area contributed by atoms with E-state index in [1.54, 1.807) is 11.8 Å². The van der Waals surface area contributed by atoms with Gasteiger partial charge in [-0.15, -0.1) is 0 Å². The summed E-state index contributed by atoms with van der Waals surface area (Å²) in [5.41, 5.74) is 0. The molecular formula is C13H23NO5S. The van der Waals surface area contributed by atoms with Crippen molar-refractivity contribution in [3.63, 3.8) is 0 Å². The van der Waals surface area contributed by atoms with Crippen LogP contribution in [0.5, 0.6) is 0 Å². The minimum absolute atomic E-state index is 0.0217. The molecule has 0 aliphatic carbocycles. The van der Waals surface area contributed by atoms with Gasteiger partial charge in [0.1, 0.15) is 9.84 Å². The summed E-state index contributed by atoms with van der Waals surface area (Å²) in [6.45, 7) is 3.12. The summed E-state index contributed by atoms with van der Waals surface area (Å²) in [6.07, 6.45) is 3.23. The molecule has 1 heterocycles. The highest BCUT2D eigenvalue weighted by Gasteiger charge is 2.29. The number of likely N-dealkylation sites (tertiary alicyclic amines) is 1. The molecule has 7 heteroatoms. The number of nitrogens with zero attached hydrogens (tertiary/aromatic N) is 1. The van der Waals surface area contributed by atoms with Gasteiger partial charge in [0, 0.05) is 25.8 Å². The second kappa shape index (κ2) is 7.61. The number of sulfone groups is 1. The number of piperidine rings is 1. The lowest BCUT2D eigenvalue weighted by Gasteiger charge is -2.31. The van der Waals surface area contributed by atoms with Crippen molar-refractivity contribution in [1.82, 2.24) is 4.90 Å². The summed E-state index contributed by atoms with van der Waals surface area (Å²) in [4.78, 5) is 25.3. The van der Waals surface area contributed by atoms with E-state index in [2.05, 4.69) is 0 Å². The van der Waals surface area contributed by atoms with Crippen LogP contribution in [0.25, 0.3) is 0 Å². The third-order valence-electron chi connectivity index (χ3n) is 3.30. The van der Waals surface area contributed by atoms with Gasteiger partial charge in [0.2, 0.25) is 5.91 Å². The first kappa shape index (κ1) is 16.9. The SMILES string of the molecule is CCOC(=O)C1CCCN(C(=O)CCCS(C)(=O)=O)C1. The third kappa shape index (κ3) is 5.90. The first-order valence-electron chi connectivity index (χ1n) is 6.95. The highest BCUT2D eigenvalue weighted by Crippen LogP contribution is 2.19. The molecule has 20 heavy (non-hydrogen) atoms. The molecule has 0 spiro atoms. The number of ether oxygens (including phenoxy) is 1. The predicted octanol–water partition coefficient (Wildman–Crippen LogP) is 0.613. The Morgan fingerprint density at radius 3 is 2.65 bits per heavy atom. The minimum Gasteiger partial charge on any atom is -0.466 e. The number of hydrogen-bond donors (Lipinski definition) is 0. The first-order chi connectivity index (χ1) is 9.33. The fourth-order valence-electron chi connectivity index (χ4n) is 2.30. The Balaban J connectivity index is 2.42. The zero-order chi connectivity index (χ0) is 15.2. The Bertz CT molecular complexity index is 446. The van der Waals surface area contributed by atoms with E-state index in [1.165, 1.54) is 0 Å². The molecule has 0 aromatic heterocycles. The van der Waals surface area contributed by atoms with Crippen LogP contribution in [0.3, 0.4) is 0 Å². The lowest BCUT2D eigenvalue weighted by Crippen LogP contribution is -2.42. The van der Waals surface area contributed by atoms with Gasteiger partial charge in [-0.1, -0.05) is 0 Å². The van der Waals surface area contributed by atoms with Crippen LogP contribution in [-0.4, -0.2) is 56.9 Å². The molecule has 0 radical (unpaired) electrons. The minimum atomic E-state index is -3.03. The monoisotopic (exact) mass is 305 g/mol. The fraction of sp³-hybridized carbons (Fsp3) is 0.846. The van der Waals surface area contributed by atoms with Crippen LogP contribution >= 0.6 is 0 Å². The summed E-state index contributed by atoms with van der Waals surface area (Å²) in [7, 11) is -3.03. The van der Waals surface area contributed by atoms with E-state index >= 15 is 0 Å². The lowest BCUT2D eigenvalue weighted by atomic mass is 9.98. The van der Waals surface area contributed by atoms with Gasteiger partial charge in [-0.2, -0.15) is 0 Å². The van der Waals surface area contributed by atoms with Gasteiger partial charge in [-0.3, -0.25) is 9.59 Å². The Morgan fingerprint density at radius 2 is 2.05 bits per heavy atom. The zero-order valence-electron chi connectivity index (χ0n) is 12.1. The van der Waals surface area contributed by atoms with Crippen molar-refractivity contribution in [2.45, 2.75) is 32.6 Å². The van der Waals surface area contributed by atoms with E-state index in [0.717, 1.165) is 19.1 Å². The van der Waals surface area contributed by atoms with Gasteiger partial charge in [-0.05, 0) is 26.2 Å². The predicted molar refractivity (Wildman–Crippen MR) is 74.9 cm³/mol. The molecule has 1 aliphatic rings. The van der Waals surface area contributed by atoms with Crippen molar-refractivity contribution in [3.05, 3.63) is 0 Å². The van der Waals surface area contributed by atoms with Crippen molar-refractivity contribution >= 4 is 21.7 Å². The van der Waals surface area contributed by atoms with E-state index in [1.807, 2.05) is 0 Å². The highest BCUT2D eigenvalue weighted by atomic mass is 32.2. The maximum Gasteiger partial charge on any atom is 0.310 e. The Labute approximate surface area is 120 Å². The smallest absolute Gasteiger partial charge is 0.310 e. The van der Waals surface area contributed by atoms with E-state index in [0.29, 0.717) is 26.1 Å². The molecule has 116 valence electrons. The summed E-state index contributed by atoms with van der Waals surface area (Å²) < 4.78 is 27.0. The van der Waals surface area contributed by atoms with Crippen molar-refractivity contribution in [2.24, 2.45) is 5.92 Å². The van der Waals surface area contributed by atoms with Gasteiger partial charge in [0.15, 0.2) is 0 Å². The molecule has 0 aromatic rings. The Hall–Kier alpha value is -1.11. The normalized spacial score (nSPS) is 19.7. The largest absolute Gasteiger partial charge is 0.466 e. The summed E-state index contributed by atoms with van der Waals surface area (Å²) in [5.74, 6) is -0.556. The van der Waals surface area contributed by atoms with Crippen LogP contribution in [0.15, 0.2) is 0 Å². The number of rotatable bonds is 6. The molecule has 1 aliphatic heterocycles. The van der Waals surface area contributed by atoms with Gasteiger partial charge < -0.3 is 9.64 Å². The number of amides is 1. The van der Waals surface area contributed by atoms with Crippen molar-refractivity contribution in [3.8, 4) is 0 Å². The van der Waals surface area contributed by atoms with Crippen LogP contribution in [0.1, 0.15) is 32.6 Å². The van der Waals surface area contributed by atoms with Crippen LogP contribution in [0.2, 0.25) is 0 Å². The molecule has 0 N–H and O–H groups in total. The van der Waals surface area contributed by atoms with E-state index in [9.17, 15) is 18.0 Å². The van der Waals surface area contributed by atoms with Crippen molar-refractivity contribution < 1.29 is 22.7 Å². The highest BCUT2D eigenvalue weighted by molar-refractivity contribution is 7.90. The molecule has 1 rings (SSSR count). The van der Waals surface area contributed by atoms with Crippen LogP contribution in [-0.2, 0) is 24.2 Å². The number of esters is 1. The Kier molecular flexibility index (Phi) is 6.45. The second-order valence-corrected chi connectivity index (χ2v) is 7.42. The van der Waals surface area contributed by atoms with Gasteiger partial charge in [0.25, 0.3) is 0 Å². The van der Waals surface area contributed by atoms with Gasteiger partial charge in [0.05, 0.1) is 18.3 Å². The topological polar surface area (TPSA) is 80.8 Å². The summed E-state index contributed by atoms with van der Waals surface area (Å²) >= 11 is 0.